The van der Waals surface area contributed by atoms with Gasteiger partial charge in [0.25, 0.3) is 0 Å². The summed E-state index contributed by atoms with van der Waals surface area (Å²) in [5, 5.41) is 0. The molecule has 0 spiro atoms. The minimum Gasteiger partial charge on any atom is -1.00 e. The zero-order valence-electron chi connectivity index (χ0n) is 9.71. The average Bonchev–Trinajstić information content (AvgIpc) is 2.65. The fraction of sp³-hybridized carbons (Fsp3) is 0.667. The van der Waals surface area contributed by atoms with Crippen molar-refractivity contribution in [1.29, 1.82) is 0 Å². The summed E-state index contributed by atoms with van der Waals surface area (Å²) in [6.07, 6.45) is 13.1. The molecule has 1 heterocycles. The van der Waals surface area contributed by atoms with Crippen LogP contribution < -0.4 is 21.9 Å². The molecule has 3 heteroatoms. The van der Waals surface area contributed by atoms with Crippen LogP contribution in [0.5, 0.6) is 0 Å². The standard InChI is InChI=1S/C12H22N2.BrH/c1-3-5-6-7-8-9-14-11-10-13(4-2)12-14;/h4,10-11H,2-3,5-9,12H2,1H3;1H. The molecule has 0 saturated heterocycles. The van der Waals surface area contributed by atoms with E-state index in [1.165, 1.54) is 38.6 Å². The van der Waals surface area contributed by atoms with Crippen LogP contribution in [0.1, 0.15) is 39.0 Å². The van der Waals surface area contributed by atoms with Crippen molar-refractivity contribution in [2.45, 2.75) is 39.0 Å². The van der Waals surface area contributed by atoms with Crippen LogP contribution in [-0.4, -0.2) is 18.1 Å². The predicted octanol–water partition coefficient (Wildman–Crippen LogP) is -1.27. The average molecular weight is 275 g/mol. The minimum absolute atomic E-state index is 0. The molecular formula is C12H23BrN2. The summed E-state index contributed by atoms with van der Waals surface area (Å²) >= 11 is 0. The first-order valence-electron chi connectivity index (χ1n) is 5.78. The largest absolute Gasteiger partial charge is 1.00 e. The molecule has 0 bridgehead atoms. The molecule has 0 radical (unpaired) electrons. The highest BCUT2D eigenvalue weighted by molar-refractivity contribution is 4.84. The summed E-state index contributed by atoms with van der Waals surface area (Å²) in [7, 11) is 0. The highest BCUT2D eigenvalue weighted by Gasteiger charge is 2.13. The third-order valence-corrected chi connectivity index (χ3v) is 2.72. The molecule has 0 amide bonds. The van der Waals surface area contributed by atoms with Gasteiger partial charge in [0, 0.05) is 6.20 Å². The number of unbranched alkanes of at least 4 members (excludes halogenated alkanes) is 4. The Morgan fingerprint density at radius 3 is 2.67 bits per heavy atom. The van der Waals surface area contributed by atoms with Gasteiger partial charge < -0.3 is 21.9 Å². The summed E-state index contributed by atoms with van der Waals surface area (Å²) in [5.74, 6) is 0. The summed E-state index contributed by atoms with van der Waals surface area (Å²) < 4.78 is 0. The van der Waals surface area contributed by atoms with Crippen molar-refractivity contribution >= 4 is 0 Å². The number of rotatable bonds is 7. The van der Waals surface area contributed by atoms with Gasteiger partial charge in [0.1, 0.15) is 6.20 Å². The van der Waals surface area contributed by atoms with Crippen molar-refractivity contribution < 1.29 is 21.9 Å². The van der Waals surface area contributed by atoms with E-state index in [1.54, 1.807) is 4.90 Å². The molecule has 1 N–H and O–H groups in total. The van der Waals surface area contributed by atoms with Gasteiger partial charge in [-0.25, -0.2) is 0 Å². The van der Waals surface area contributed by atoms with Gasteiger partial charge >= 0.3 is 0 Å². The number of quaternary nitrogens is 1. The van der Waals surface area contributed by atoms with E-state index < -0.39 is 0 Å². The first-order chi connectivity index (χ1) is 6.86. The van der Waals surface area contributed by atoms with Crippen molar-refractivity contribution in [3.8, 4) is 0 Å². The first-order valence-corrected chi connectivity index (χ1v) is 5.78. The van der Waals surface area contributed by atoms with Crippen LogP contribution in [0, 0.1) is 0 Å². The highest BCUT2D eigenvalue weighted by Crippen LogP contribution is 2.00. The molecule has 88 valence electrons. The maximum absolute atomic E-state index is 3.76. The normalized spacial score (nSPS) is 19.0. The summed E-state index contributed by atoms with van der Waals surface area (Å²) in [6, 6.07) is 0. The zero-order chi connectivity index (χ0) is 10.2. The van der Waals surface area contributed by atoms with Gasteiger partial charge in [-0.1, -0.05) is 32.8 Å². The number of hydrogen-bond donors (Lipinski definition) is 1. The predicted molar refractivity (Wildman–Crippen MR) is 60.6 cm³/mol. The van der Waals surface area contributed by atoms with E-state index in [4.69, 9.17) is 0 Å². The van der Waals surface area contributed by atoms with E-state index in [9.17, 15) is 0 Å². The zero-order valence-corrected chi connectivity index (χ0v) is 11.3. The molecular weight excluding hydrogens is 252 g/mol. The lowest BCUT2D eigenvalue weighted by molar-refractivity contribution is -0.848. The Hall–Kier alpha value is -0.280. The molecule has 0 aliphatic carbocycles. The van der Waals surface area contributed by atoms with Gasteiger partial charge in [0.05, 0.1) is 12.7 Å². The molecule has 0 saturated carbocycles. The third kappa shape index (κ3) is 6.00. The van der Waals surface area contributed by atoms with Crippen LogP contribution >= 0.6 is 0 Å². The lowest BCUT2D eigenvalue weighted by Crippen LogP contribution is -3.07. The lowest BCUT2D eigenvalue weighted by atomic mass is 10.1. The highest BCUT2D eigenvalue weighted by atomic mass is 79.9. The Kier molecular flexibility index (Phi) is 8.82. The van der Waals surface area contributed by atoms with Crippen LogP contribution in [0.2, 0.25) is 0 Å². The minimum atomic E-state index is 0. The van der Waals surface area contributed by atoms with E-state index in [1.807, 2.05) is 6.20 Å². The Morgan fingerprint density at radius 1 is 1.33 bits per heavy atom. The van der Waals surface area contributed by atoms with Crippen molar-refractivity contribution in [3.05, 3.63) is 25.2 Å². The molecule has 0 aromatic rings. The van der Waals surface area contributed by atoms with Crippen LogP contribution in [-0.2, 0) is 0 Å². The van der Waals surface area contributed by atoms with Crippen molar-refractivity contribution in [2.75, 3.05) is 13.2 Å². The third-order valence-electron chi connectivity index (χ3n) is 2.72. The van der Waals surface area contributed by atoms with Gasteiger partial charge in [-0.15, -0.1) is 0 Å². The molecule has 0 aromatic carbocycles. The SMILES string of the molecule is C=CN1C=C[NH+](CCCCCCC)C1.[Br-]. The maximum Gasteiger partial charge on any atom is 0.160 e. The van der Waals surface area contributed by atoms with Crippen LogP contribution in [0.4, 0.5) is 0 Å². The monoisotopic (exact) mass is 274 g/mol. The van der Waals surface area contributed by atoms with Gasteiger partial charge in [-0.2, -0.15) is 0 Å². The van der Waals surface area contributed by atoms with Gasteiger partial charge in [0.15, 0.2) is 6.67 Å². The number of halogens is 1. The van der Waals surface area contributed by atoms with Crippen molar-refractivity contribution in [3.63, 3.8) is 0 Å². The summed E-state index contributed by atoms with van der Waals surface area (Å²) in [5.41, 5.74) is 0. The van der Waals surface area contributed by atoms with E-state index in [0.29, 0.717) is 0 Å². The van der Waals surface area contributed by atoms with Crippen LogP contribution in [0.25, 0.3) is 0 Å². The second-order valence-corrected chi connectivity index (χ2v) is 3.99. The van der Waals surface area contributed by atoms with Crippen LogP contribution in [0.3, 0.4) is 0 Å². The number of hydrogen-bond acceptors (Lipinski definition) is 1. The van der Waals surface area contributed by atoms with E-state index in [0.717, 1.165) is 6.67 Å². The molecule has 2 nitrogen and oxygen atoms in total. The Balaban J connectivity index is 0.00000196. The smallest absolute Gasteiger partial charge is 0.160 e. The maximum atomic E-state index is 3.76. The quantitative estimate of drug-likeness (QED) is 0.570. The Morgan fingerprint density at radius 2 is 2.07 bits per heavy atom. The first kappa shape index (κ1) is 14.7. The molecule has 1 atom stereocenters. The molecule has 1 aliphatic rings. The molecule has 15 heavy (non-hydrogen) atoms. The van der Waals surface area contributed by atoms with E-state index >= 15 is 0 Å². The lowest BCUT2D eigenvalue weighted by Gasteiger charge is -2.12. The Labute approximate surface area is 104 Å². The van der Waals surface area contributed by atoms with E-state index in [2.05, 4.69) is 30.8 Å². The summed E-state index contributed by atoms with van der Waals surface area (Å²) in [4.78, 5) is 3.70. The van der Waals surface area contributed by atoms with Gasteiger partial charge in [-0.05, 0) is 12.8 Å². The number of nitrogens with one attached hydrogen (secondary N) is 1. The summed E-state index contributed by atoms with van der Waals surface area (Å²) in [6.45, 7) is 8.35. The molecule has 1 aliphatic heterocycles. The van der Waals surface area contributed by atoms with Crippen LogP contribution in [0.15, 0.2) is 25.2 Å². The number of nitrogens with zero attached hydrogens (tertiary/aromatic N) is 1. The van der Waals surface area contributed by atoms with Crippen molar-refractivity contribution in [1.82, 2.24) is 4.90 Å². The second kappa shape index (κ2) is 8.98. The van der Waals surface area contributed by atoms with Crippen molar-refractivity contribution in [2.24, 2.45) is 0 Å². The van der Waals surface area contributed by atoms with E-state index in [-0.39, 0.29) is 17.0 Å². The topological polar surface area (TPSA) is 7.68 Å². The van der Waals surface area contributed by atoms with Gasteiger partial charge in [0.2, 0.25) is 0 Å². The molecule has 0 aromatic heterocycles. The molecule has 1 rings (SSSR count). The fourth-order valence-electron chi connectivity index (χ4n) is 1.78. The molecule has 0 fully saturated rings. The Bertz CT molecular complexity index is 192. The van der Waals surface area contributed by atoms with Gasteiger partial charge in [-0.3, -0.25) is 4.90 Å². The molecule has 1 unspecified atom stereocenters. The fourth-order valence-corrected chi connectivity index (χ4v) is 1.78. The second-order valence-electron chi connectivity index (χ2n) is 3.99.